The van der Waals surface area contributed by atoms with Crippen molar-refractivity contribution in [2.75, 3.05) is 46.0 Å². The number of ether oxygens (including phenoxy) is 2. The van der Waals surface area contributed by atoms with Crippen LogP contribution in [0.4, 0.5) is 0 Å². The summed E-state index contributed by atoms with van der Waals surface area (Å²) in [6, 6.07) is 14.2. The zero-order valence-electron chi connectivity index (χ0n) is 21.4. The van der Waals surface area contributed by atoms with Crippen molar-refractivity contribution < 1.29 is 24.2 Å². The number of hydrogen-bond acceptors (Lipinski definition) is 6. The van der Waals surface area contributed by atoms with Gasteiger partial charge < -0.3 is 19.5 Å². The molecule has 1 unspecified atom stereocenters. The number of benzene rings is 2. The summed E-state index contributed by atoms with van der Waals surface area (Å²) in [6.07, 6.45) is 0.734. The fraction of sp³-hybridized carbons (Fsp3) is 0.448. The monoisotopic (exact) mass is 492 g/mol. The molecule has 2 saturated heterocycles. The molecule has 0 aromatic heterocycles. The van der Waals surface area contributed by atoms with Crippen LogP contribution in [0.15, 0.2) is 54.1 Å². The summed E-state index contributed by atoms with van der Waals surface area (Å²) in [6.45, 7) is 11.1. The molecule has 1 amide bonds. The number of morpholine rings is 1. The molecule has 36 heavy (non-hydrogen) atoms. The summed E-state index contributed by atoms with van der Waals surface area (Å²) in [5.41, 5.74) is 2.29. The SMILES string of the molecule is Cc1cc(/C(O)=C2/C(=O)C(=O)N(CCCN3CCOCC3)C2c2ccccc2)ccc1OCC(C)C. The highest BCUT2D eigenvalue weighted by Gasteiger charge is 2.45. The fourth-order valence-corrected chi connectivity index (χ4v) is 4.75. The number of aliphatic hydroxyl groups is 1. The average molecular weight is 493 g/mol. The smallest absolute Gasteiger partial charge is 0.295 e. The van der Waals surface area contributed by atoms with Crippen LogP contribution in [0.3, 0.4) is 0 Å². The van der Waals surface area contributed by atoms with Crippen LogP contribution in [0.2, 0.25) is 0 Å². The molecule has 1 N–H and O–H groups in total. The third-order valence-electron chi connectivity index (χ3n) is 6.65. The molecular weight excluding hydrogens is 456 g/mol. The van der Waals surface area contributed by atoms with E-state index in [4.69, 9.17) is 9.47 Å². The maximum atomic E-state index is 13.2. The van der Waals surface area contributed by atoms with Gasteiger partial charge in [-0.2, -0.15) is 0 Å². The molecule has 0 radical (unpaired) electrons. The summed E-state index contributed by atoms with van der Waals surface area (Å²) in [7, 11) is 0. The molecule has 2 fully saturated rings. The van der Waals surface area contributed by atoms with E-state index in [0.29, 0.717) is 24.6 Å². The van der Waals surface area contributed by atoms with Gasteiger partial charge in [0.15, 0.2) is 0 Å². The van der Waals surface area contributed by atoms with Crippen molar-refractivity contribution in [2.24, 2.45) is 5.92 Å². The normalized spacial score (nSPS) is 20.3. The molecule has 0 saturated carbocycles. The Bertz CT molecular complexity index is 1110. The molecule has 0 spiro atoms. The lowest BCUT2D eigenvalue weighted by atomic mass is 9.94. The first kappa shape index (κ1) is 25.9. The Morgan fingerprint density at radius 3 is 2.47 bits per heavy atom. The number of carbonyl (C=O) groups excluding carboxylic acids is 2. The number of aryl methyl sites for hydroxylation is 1. The van der Waals surface area contributed by atoms with Crippen molar-refractivity contribution in [2.45, 2.75) is 33.2 Å². The summed E-state index contributed by atoms with van der Waals surface area (Å²) in [5.74, 6) is -0.242. The Labute approximate surface area is 213 Å². The second-order valence-corrected chi connectivity index (χ2v) is 9.90. The number of nitrogens with zero attached hydrogens (tertiary/aromatic N) is 2. The Kier molecular flexibility index (Phi) is 8.44. The Morgan fingerprint density at radius 1 is 1.08 bits per heavy atom. The summed E-state index contributed by atoms with van der Waals surface area (Å²) in [5, 5.41) is 11.3. The van der Waals surface area contributed by atoms with Crippen LogP contribution in [-0.2, 0) is 14.3 Å². The number of likely N-dealkylation sites (tertiary alicyclic amines) is 1. The number of carbonyl (C=O) groups is 2. The van der Waals surface area contributed by atoms with Gasteiger partial charge in [0.25, 0.3) is 11.7 Å². The van der Waals surface area contributed by atoms with Gasteiger partial charge in [0.1, 0.15) is 11.5 Å². The number of hydrogen-bond donors (Lipinski definition) is 1. The van der Waals surface area contributed by atoms with Crippen LogP contribution in [0.25, 0.3) is 5.76 Å². The van der Waals surface area contributed by atoms with Crippen molar-refractivity contribution in [1.82, 2.24) is 9.80 Å². The van der Waals surface area contributed by atoms with Crippen LogP contribution in [0.5, 0.6) is 5.75 Å². The van der Waals surface area contributed by atoms with E-state index in [1.165, 1.54) is 0 Å². The lowest BCUT2D eigenvalue weighted by Gasteiger charge is -2.29. The highest BCUT2D eigenvalue weighted by Crippen LogP contribution is 2.39. The summed E-state index contributed by atoms with van der Waals surface area (Å²) in [4.78, 5) is 30.3. The quantitative estimate of drug-likeness (QED) is 0.322. The van der Waals surface area contributed by atoms with Crippen LogP contribution in [0, 0.1) is 12.8 Å². The van der Waals surface area contributed by atoms with E-state index >= 15 is 0 Å². The molecule has 2 aromatic rings. The first-order valence-electron chi connectivity index (χ1n) is 12.7. The van der Waals surface area contributed by atoms with E-state index in [-0.39, 0.29) is 11.3 Å². The molecule has 2 aromatic carbocycles. The van der Waals surface area contributed by atoms with Gasteiger partial charge in [-0.15, -0.1) is 0 Å². The van der Waals surface area contributed by atoms with Gasteiger partial charge in [-0.1, -0.05) is 44.2 Å². The summed E-state index contributed by atoms with van der Waals surface area (Å²) < 4.78 is 11.3. The maximum absolute atomic E-state index is 13.2. The highest BCUT2D eigenvalue weighted by molar-refractivity contribution is 6.46. The van der Waals surface area contributed by atoms with Gasteiger partial charge >= 0.3 is 0 Å². The molecule has 2 aliphatic heterocycles. The minimum atomic E-state index is -0.648. The number of amides is 1. The van der Waals surface area contributed by atoms with Gasteiger partial charge in [0, 0.05) is 31.7 Å². The van der Waals surface area contributed by atoms with E-state index in [9.17, 15) is 14.7 Å². The van der Waals surface area contributed by atoms with E-state index < -0.39 is 17.7 Å². The van der Waals surface area contributed by atoms with E-state index in [0.717, 1.165) is 56.1 Å². The standard InChI is InChI=1S/C29H36N2O5/c1-20(2)19-36-24-11-10-23(18-21(24)3)27(32)25-26(22-8-5-4-6-9-22)31(29(34)28(25)33)13-7-12-30-14-16-35-17-15-30/h4-6,8-11,18,20,26,32H,7,12-17,19H2,1-3H3/b27-25-. The van der Waals surface area contributed by atoms with Gasteiger partial charge in [-0.05, 0) is 48.6 Å². The molecule has 0 bridgehead atoms. The first-order valence-corrected chi connectivity index (χ1v) is 12.7. The Hall–Kier alpha value is -3.16. The van der Waals surface area contributed by atoms with Crippen molar-refractivity contribution >= 4 is 17.4 Å². The number of ketones is 1. The molecular formula is C29H36N2O5. The minimum Gasteiger partial charge on any atom is -0.507 e. The Morgan fingerprint density at radius 2 is 1.81 bits per heavy atom. The summed E-state index contributed by atoms with van der Waals surface area (Å²) >= 11 is 0. The number of rotatable bonds is 9. The molecule has 0 aliphatic carbocycles. The number of aliphatic hydroxyl groups excluding tert-OH is 1. The van der Waals surface area contributed by atoms with Crippen LogP contribution in [0.1, 0.15) is 43.0 Å². The second-order valence-electron chi connectivity index (χ2n) is 9.90. The van der Waals surface area contributed by atoms with Crippen LogP contribution < -0.4 is 4.74 Å². The molecule has 4 rings (SSSR count). The molecule has 2 aliphatic rings. The van der Waals surface area contributed by atoms with Gasteiger partial charge in [-0.3, -0.25) is 14.5 Å². The topological polar surface area (TPSA) is 79.3 Å². The van der Waals surface area contributed by atoms with Crippen molar-refractivity contribution in [3.63, 3.8) is 0 Å². The van der Waals surface area contributed by atoms with Gasteiger partial charge in [0.2, 0.25) is 0 Å². The van der Waals surface area contributed by atoms with E-state index in [2.05, 4.69) is 18.7 Å². The lowest BCUT2D eigenvalue weighted by molar-refractivity contribution is -0.140. The second kappa shape index (κ2) is 11.7. The fourth-order valence-electron chi connectivity index (χ4n) is 4.75. The molecule has 1 atom stereocenters. The predicted molar refractivity (Wildman–Crippen MR) is 139 cm³/mol. The van der Waals surface area contributed by atoms with Gasteiger partial charge in [0.05, 0.1) is 31.4 Å². The van der Waals surface area contributed by atoms with Crippen LogP contribution >= 0.6 is 0 Å². The average Bonchev–Trinajstić information content (AvgIpc) is 3.13. The van der Waals surface area contributed by atoms with Crippen molar-refractivity contribution in [1.29, 1.82) is 0 Å². The maximum Gasteiger partial charge on any atom is 0.295 e. The Balaban J connectivity index is 1.63. The third kappa shape index (κ3) is 5.79. The molecule has 7 heteroatoms. The number of Topliss-reactive ketones (excluding diaryl/α,β-unsaturated/α-hetero) is 1. The third-order valence-corrected chi connectivity index (χ3v) is 6.65. The highest BCUT2D eigenvalue weighted by atomic mass is 16.5. The molecule has 192 valence electrons. The zero-order valence-corrected chi connectivity index (χ0v) is 21.4. The molecule has 2 heterocycles. The van der Waals surface area contributed by atoms with E-state index in [1.807, 2.05) is 43.3 Å². The zero-order chi connectivity index (χ0) is 25.7. The van der Waals surface area contributed by atoms with Gasteiger partial charge in [-0.25, -0.2) is 0 Å². The predicted octanol–water partition coefficient (Wildman–Crippen LogP) is 4.17. The minimum absolute atomic E-state index is 0.132. The van der Waals surface area contributed by atoms with Crippen LogP contribution in [-0.4, -0.2) is 72.6 Å². The largest absolute Gasteiger partial charge is 0.507 e. The lowest BCUT2D eigenvalue weighted by Crippen LogP contribution is -2.38. The first-order chi connectivity index (χ1) is 17.4. The van der Waals surface area contributed by atoms with Crippen molar-refractivity contribution in [3.05, 3.63) is 70.8 Å². The van der Waals surface area contributed by atoms with Crippen molar-refractivity contribution in [3.8, 4) is 5.75 Å². The van der Waals surface area contributed by atoms with E-state index in [1.54, 1.807) is 17.0 Å². The molecule has 7 nitrogen and oxygen atoms in total.